The molecule has 1 aromatic carbocycles. The van der Waals surface area contributed by atoms with E-state index in [1.54, 1.807) is 0 Å². The molecule has 0 radical (unpaired) electrons. The molecule has 0 spiro atoms. The van der Waals surface area contributed by atoms with Gasteiger partial charge in [-0.1, -0.05) is 73.8 Å². The minimum absolute atomic E-state index is 0.0428. The second-order valence-corrected chi connectivity index (χ2v) is 11.6. The van der Waals surface area contributed by atoms with Crippen LogP contribution in [0.3, 0.4) is 0 Å². The lowest BCUT2D eigenvalue weighted by molar-refractivity contribution is -0.129. The zero-order valence-electron chi connectivity index (χ0n) is 24.3. The normalized spacial score (nSPS) is 17.0. The minimum atomic E-state index is -0.0744. The molecule has 1 aliphatic carbocycles. The van der Waals surface area contributed by atoms with E-state index in [-0.39, 0.29) is 41.5 Å². The molecule has 1 aromatic rings. The Balaban J connectivity index is 0.00000111. The third-order valence-electron chi connectivity index (χ3n) is 7.81. The Morgan fingerprint density at radius 3 is 2.06 bits per heavy atom. The average Bonchev–Trinajstić information content (AvgIpc) is 2.76. The monoisotopic (exact) mass is 484 g/mol. The molecule has 0 heterocycles. The van der Waals surface area contributed by atoms with Gasteiger partial charge in [-0.2, -0.15) is 0 Å². The summed E-state index contributed by atoms with van der Waals surface area (Å²) in [5.41, 5.74) is 5.84. The van der Waals surface area contributed by atoms with Crippen LogP contribution in [0.2, 0.25) is 0 Å². The molecule has 3 atom stereocenters. The van der Waals surface area contributed by atoms with Gasteiger partial charge < -0.3 is 0 Å². The molecular weight excluding hydrogens is 432 g/mol. The van der Waals surface area contributed by atoms with Crippen LogP contribution in [0.25, 0.3) is 0 Å². The molecule has 0 amide bonds. The summed E-state index contributed by atoms with van der Waals surface area (Å²) >= 11 is 0. The molecule has 0 saturated carbocycles. The van der Waals surface area contributed by atoms with Crippen LogP contribution >= 0.6 is 0 Å². The van der Waals surface area contributed by atoms with Gasteiger partial charge in [-0.05, 0) is 86.0 Å². The van der Waals surface area contributed by atoms with Crippen LogP contribution in [0.4, 0.5) is 0 Å². The Bertz CT molecular complexity index is 862. The fourth-order valence-electron chi connectivity index (χ4n) is 5.48. The second-order valence-electron chi connectivity index (χ2n) is 11.6. The summed E-state index contributed by atoms with van der Waals surface area (Å²) in [4.78, 5) is 37.5. The number of carbonyl (C=O) groups excluding carboxylic acids is 3. The number of hydrogen-bond donors (Lipinski definition) is 0. The maximum atomic E-state index is 13.2. The van der Waals surface area contributed by atoms with E-state index >= 15 is 0 Å². The highest BCUT2D eigenvalue weighted by molar-refractivity contribution is 6.01. The van der Waals surface area contributed by atoms with Crippen LogP contribution in [-0.2, 0) is 16.0 Å². The summed E-state index contributed by atoms with van der Waals surface area (Å²) in [6, 6.07) is 2.27. The smallest absolute Gasteiger partial charge is 0.163 e. The highest BCUT2D eigenvalue weighted by atomic mass is 16.1. The van der Waals surface area contributed by atoms with Gasteiger partial charge in [0.25, 0.3) is 0 Å². The highest BCUT2D eigenvalue weighted by Crippen LogP contribution is 2.39. The second kappa shape index (κ2) is 14.7. The van der Waals surface area contributed by atoms with Gasteiger partial charge in [0.2, 0.25) is 0 Å². The first kappa shape index (κ1) is 31.3. The van der Waals surface area contributed by atoms with Crippen molar-refractivity contribution in [2.45, 2.75) is 127 Å². The molecule has 0 aromatic heterocycles. The molecule has 198 valence electrons. The van der Waals surface area contributed by atoms with Crippen LogP contribution in [0.1, 0.15) is 139 Å². The summed E-state index contributed by atoms with van der Waals surface area (Å²) in [6.07, 6.45) is 6.50. The Morgan fingerprint density at radius 2 is 1.60 bits per heavy atom. The first-order valence-corrected chi connectivity index (χ1v) is 14.1. The van der Waals surface area contributed by atoms with Gasteiger partial charge in [0.05, 0.1) is 6.42 Å². The SMILES string of the molecule is CCC(C)C.CCCC(CC1CC(=O)c2c(C)c(C)cc(C(C)C)c2C1)C(CC)C(=O)CC(C)=O. The molecule has 3 heteroatoms. The van der Waals surface area contributed by atoms with E-state index in [4.69, 9.17) is 0 Å². The number of aryl methyl sites for hydroxylation is 1. The summed E-state index contributed by atoms with van der Waals surface area (Å²) in [5.74, 6) is 2.02. The van der Waals surface area contributed by atoms with Crippen LogP contribution in [0.15, 0.2) is 6.07 Å². The van der Waals surface area contributed by atoms with E-state index in [1.165, 1.54) is 30.0 Å². The Kier molecular flexibility index (Phi) is 13.1. The number of hydrogen-bond acceptors (Lipinski definition) is 3. The summed E-state index contributed by atoms with van der Waals surface area (Å²) in [5, 5.41) is 0. The van der Waals surface area contributed by atoms with Crippen molar-refractivity contribution < 1.29 is 14.4 Å². The van der Waals surface area contributed by atoms with Crippen LogP contribution in [0, 0.1) is 37.5 Å². The van der Waals surface area contributed by atoms with Crippen LogP contribution < -0.4 is 0 Å². The quantitative estimate of drug-likeness (QED) is 0.295. The predicted molar refractivity (Wildman–Crippen MR) is 148 cm³/mol. The number of benzene rings is 1. The fourth-order valence-corrected chi connectivity index (χ4v) is 5.48. The van der Waals surface area contributed by atoms with E-state index in [0.717, 1.165) is 49.1 Å². The van der Waals surface area contributed by atoms with Crippen molar-refractivity contribution in [2.24, 2.45) is 23.7 Å². The maximum absolute atomic E-state index is 13.2. The third kappa shape index (κ3) is 8.99. The number of rotatable bonds is 11. The highest BCUT2D eigenvalue weighted by Gasteiger charge is 2.34. The third-order valence-corrected chi connectivity index (χ3v) is 7.81. The number of ketones is 3. The molecule has 0 aliphatic heterocycles. The molecule has 1 aliphatic rings. The zero-order chi connectivity index (χ0) is 26.9. The van der Waals surface area contributed by atoms with Gasteiger partial charge in [0, 0.05) is 17.9 Å². The first-order chi connectivity index (χ1) is 16.4. The summed E-state index contributed by atoms with van der Waals surface area (Å²) in [6.45, 7) is 20.9. The summed E-state index contributed by atoms with van der Waals surface area (Å²) < 4.78 is 0. The molecule has 3 nitrogen and oxygen atoms in total. The standard InChI is InChI=1S/C27H40O3.C5H12/c1-8-10-21(22(9-2)25(29)12-18(6)28)13-20-14-24-23(16(3)4)11-17(5)19(7)27(24)26(30)15-20;1-4-5(2)3/h11,16,20-22H,8-10,12-15H2,1-7H3;5H,4H2,1-3H3. The lowest BCUT2D eigenvalue weighted by atomic mass is 9.70. The number of fused-ring (bicyclic) bond motifs is 1. The van der Waals surface area contributed by atoms with E-state index in [9.17, 15) is 14.4 Å². The minimum Gasteiger partial charge on any atom is -0.300 e. The van der Waals surface area contributed by atoms with Crippen molar-refractivity contribution in [3.63, 3.8) is 0 Å². The van der Waals surface area contributed by atoms with Crippen LogP contribution in [0.5, 0.6) is 0 Å². The lowest BCUT2D eigenvalue weighted by Crippen LogP contribution is -2.30. The molecular formula is C32H52O3. The van der Waals surface area contributed by atoms with Gasteiger partial charge in [0.15, 0.2) is 5.78 Å². The maximum Gasteiger partial charge on any atom is 0.163 e. The first-order valence-electron chi connectivity index (χ1n) is 14.1. The van der Waals surface area contributed by atoms with Gasteiger partial charge in [-0.3, -0.25) is 14.4 Å². The van der Waals surface area contributed by atoms with E-state index in [2.05, 4.69) is 68.4 Å². The van der Waals surface area contributed by atoms with Crippen molar-refractivity contribution in [1.29, 1.82) is 0 Å². The average molecular weight is 485 g/mol. The topological polar surface area (TPSA) is 51.2 Å². The Hall–Kier alpha value is -1.77. The predicted octanol–water partition coefficient (Wildman–Crippen LogP) is 8.61. The van der Waals surface area contributed by atoms with Crippen molar-refractivity contribution in [1.82, 2.24) is 0 Å². The van der Waals surface area contributed by atoms with Gasteiger partial charge >= 0.3 is 0 Å². The van der Waals surface area contributed by atoms with Gasteiger partial charge in [-0.15, -0.1) is 0 Å². The molecule has 0 N–H and O–H groups in total. The number of carbonyl (C=O) groups is 3. The zero-order valence-corrected chi connectivity index (χ0v) is 24.3. The Morgan fingerprint density at radius 1 is 1.00 bits per heavy atom. The summed E-state index contributed by atoms with van der Waals surface area (Å²) in [7, 11) is 0. The largest absolute Gasteiger partial charge is 0.300 e. The molecule has 0 saturated heterocycles. The molecule has 0 bridgehead atoms. The van der Waals surface area contributed by atoms with Crippen molar-refractivity contribution in [3.05, 3.63) is 33.9 Å². The van der Waals surface area contributed by atoms with E-state index in [1.807, 2.05) is 0 Å². The van der Waals surface area contributed by atoms with Crippen molar-refractivity contribution >= 4 is 17.3 Å². The van der Waals surface area contributed by atoms with E-state index in [0.29, 0.717) is 12.3 Å². The van der Waals surface area contributed by atoms with Crippen molar-refractivity contribution in [3.8, 4) is 0 Å². The number of Topliss-reactive ketones (excluding diaryl/α,β-unsaturated/α-hetero) is 3. The van der Waals surface area contributed by atoms with Crippen molar-refractivity contribution in [2.75, 3.05) is 0 Å². The Labute approximate surface area is 215 Å². The lowest BCUT2D eigenvalue weighted by Gasteiger charge is -2.33. The van der Waals surface area contributed by atoms with Gasteiger partial charge in [-0.25, -0.2) is 0 Å². The van der Waals surface area contributed by atoms with Crippen LogP contribution in [-0.4, -0.2) is 17.3 Å². The van der Waals surface area contributed by atoms with Gasteiger partial charge in [0.1, 0.15) is 11.6 Å². The molecule has 0 fully saturated rings. The van der Waals surface area contributed by atoms with E-state index < -0.39 is 0 Å². The molecule has 3 unspecified atom stereocenters. The molecule has 35 heavy (non-hydrogen) atoms. The molecule has 2 rings (SSSR count). The fraction of sp³-hybridized carbons (Fsp3) is 0.719.